The van der Waals surface area contributed by atoms with E-state index in [0.717, 1.165) is 12.0 Å². The third-order valence-electron chi connectivity index (χ3n) is 4.97. The minimum Gasteiger partial charge on any atom is -0.489 e. The number of carbonyl (C=O) groups excluding carboxylic acids is 1. The first kappa shape index (κ1) is 18.4. The topological polar surface area (TPSA) is 55.6 Å². The molecule has 1 saturated heterocycles. The maximum absolute atomic E-state index is 13.2. The first-order valence-corrected chi connectivity index (χ1v) is 8.87. The van der Waals surface area contributed by atoms with Crippen LogP contribution in [0.5, 0.6) is 5.75 Å². The number of nitrogens with zero attached hydrogens (tertiary/aromatic N) is 1. The molecule has 0 spiro atoms. The molecule has 1 heterocycles. The van der Waals surface area contributed by atoms with Crippen molar-refractivity contribution < 1.29 is 13.9 Å². The molecule has 1 atom stereocenters. The predicted octanol–water partition coefficient (Wildman–Crippen LogP) is 3.60. The number of ether oxygens (including phenoxy) is 1. The van der Waals surface area contributed by atoms with Crippen LogP contribution in [0.25, 0.3) is 0 Å². The first-order valence-electron chi connectivity index (χ1n) is 8.87. The molecule has 4 nitrogen and oxygen atoms in total. The van der Waals surface area contributed by atoms with Crippen LogP contribution in [0, 0.1) is 11.2 Å². The van der Waals surface area contributed by atoms with Crippen molar-refractivity contribution >= 4 is 5.91 Å². The van der Waals surface area contributed by atoms with Gasteiger partial charge in [-0.05, 0) is 41.7 Å². The van der Waals surface area contributed by atoms with E-state index in [4.69, 9.17) is 10.5 Å². The summed E-state index contributed by atoms with van der Waals surface area (Å²) in [6.45, 7) is 5.80. The molecule has 0 radical (unpaired) electrons. The van der Waals surface area contributed by atoms with Gasteiger partial charge in [-0.1, -0.05) is 32.0 Å². The number of likely N-dealkylation sites (tertiary alicyclic amines) is 1. The van der Waals surface area contributed by atoms with E-state index in [1.165, 1.54) is 12.1 Å². The summed E-state index contributed by atoms with van der Waals surface area (Å²) < 4.78 is 18.8. The molecule has 1 amide bonds. The summed E-state index contributed by atoms with van der Waals surface area (Å²) in [5, 5.41) is 0. The number of halogens is 1. The third kappa shape index (κ3) is 4.22. The lowest BCUT2D eigenvalue weighted by atomic mass is 9.79. The molecule has 5 heteroatoms. The van der Waals surface area contributed by atoms with Gasteiger partial charge in [0.25, 0.3) is 5.91 Å². The minimum atomic E-state index is -0.336. The quantitative estimate of drug-likeness (QED) is 0.911. The van der Waals surface area contributed by atoms with Crippen LogP contribution >= 0.6 is 0 Å². The van der Waals surface area contributed by atoms with Crippen molar-refractivity contribution in [3.05, 3.63) is 65.5 Å². The Morgan fingerprint density at radius 3 is 2.77 bits per heavy atom. The highest BCUT2D eigenvalue weighted by Gasteiger charge is 2.35. The molecular weight excluding hydrogens is 331 g/mol. The Kier molecular flexibility index (Phi) is 5.28. The number of amides is 1. The highest BCUT2D eigenvalue weighted by Crippen LogP contribution is 2.28. The Morgan fingerprint density at radius 1 is 1.27 bits per heavy atom. The highest BCUT2D eigenvalue weighted by atomic mass is 19.1. The smallest absolute Gasteiger partial charge is 0.253 e. The molecule has 2 aromatic carbocycles. The number of piperidine rings is 1. The fraction of sp³-hybridized carbons (Fsp3) is 0.381. The van der Waals surface area contributed by atoms with Gasteiger partial charge >= 0.3 is 0 Å². The summed E-state index contributed by atoms with van der Waals surface area (Å²) in [4.78, 5) is 14.7. The van der Waals surface area contributed by atoms with Gasteiger partial charge < -0.3 is 15.4 Å². The Balaban J connectivity index is 1.68. The van der Waals surface area contributed by atoms with Crippen molar-refractivity contribution in [3.63, 3.8) is 0 Å². The Hall–Kier alpha value is -2.40. The van der Waals surface area contributed by atoms with Crippen LogP contribution in [-0.2, 0) is 6.61 Å². The first-order chi connectivity index (χ1) is 12.3. The molecule has 1 aliphatic heterocycles. The zero-order chi connectivity index (χ0) is 18.7. The molecule has 1 aliphatic rings. The lowest BCUT2D eigenvalue weighted by Gasteiger charge is -2.42. The zero-order valence-corrected chi connectivity index (χ0v) is 15.2. The van der Waals surface area contributed by atoms with E-state index < -0.39 is 0 Å². The average molecular weight is 356 g/mol. The van der Waals surface area contributed by atoms with E-state index in [2.05, 4.69) is 13.8 Å². The molecule has 1 fully saturated rings. The van der Waals surface area contributed by atoms with E-state index in [0.29, 0.717) is 24.4 Å². The molecule has 138 valence electrons. The molecule has 0 bridgehead atoms. The summed E-state index contributed by atoms with van der Waals surface area (Å²) in [5.41, 5.74) is 7.58. The van der Waals surface area contributed by atoms with Crippen LogP contribution in [0.15, 0.2) is 48.5 Å². The number of nitrogens with two attached hydrogens (primary N) is 1. The molecule has 0 aromatic heterocycles. The van der Waals surface area contributed by atoms with Gasteiger partial charge in [0.1, 0.15) is 18.2 Å². The van der Waals surface area contributed by atoms with Crippen molar-refractivity contribution in [1.82, 2.24) is 4.90 Å². The second-order valence-corrected chi connectivity index (χ2v) is 7.56. The normalized spacial score (nSPS) is 19.2. The lowest BCUT2D eigenvalue weighted by molar-refractivity contribution is 0.0533. The van der Waals surface area contributed by atoms with Crippen molar-refractivity contribution in [2.45, 2.75) is 32.9 Å². The van der Waals surface area contributed by atoms with E-state index in [-0.39, 0.29) is 29.8 Å². The van der Waals surface area contributed by atoms with E-state index in [1.807, 2.05) is 29.2 Å². The number of hydrogen-bond acceptors (Lipinski definition) is 3. The van der Waals surface area contributed by atoms with Crippen molar-refractivity contribution in [3.8, 4) is 5.75 Å². The Morgan fingerprint density at radius 2 is 2.04 bits per heavy atom. The maximum Gasteiger partial charge on any atom is 0.253 e. The SMILES string of the molecule is CC1(C)CN(C(=O)c2cccc(COc3cccc(F)c3)c2)CCC1N. The molecule has 26 heavy (non-hydrogen) atoms. The van der Waals surface area contributed by atoms with E-state index in [9.17, 15) is 9.18 Å². The van der Waals surface area contributed by atoms with E-state index >= 15 is 0 Å². The fourth-order valence-electron chi connectivity index (χ4n) is 3.25. The van der Waals surface area contributed by atoms with Gasteiger partial charge in [0, 0.05) is 30.8 Å². The summed E-state index contributed by atoms with van der Waals surface area (Å²) in [6, 6.07) is 13.5. The van der Waals surface area contributed by atoms with E-state index in [1.54, 1.807) is 12.1 Å². The van der Waals surface area contributed by atoms with Gasteiger partial charge in [-0.3, -0.25) is 4.79 Å². The van der Waals surface area contributed by atoms with Crippen LogP contribution in [0.1, 0.15) is 36.2 Å². The molecule has 0 saturated carbocycles. The summed E-state index contributed by atoms with van der Waals surface area (Å²) in [5.74, 6) is 0.142. The number of hydrogen-bond donors (Lipinski definition) is 1. The second kappa shape index (κ2) is 7.46. The Labute approximate surface area is 153 Å². The van der Waals surface area contributed by atoms with Gasteiger partial charge in [-0.25, -0.2) is 4.39 Å². The largest absolute Gasteiger partial charge is 0.489 e. The zero-order valence-electron chi connectivity index (χ0n) is 15.2. The van der Waals surface area contributed by atoms with Gasteiger partial charge in [-0.15, -0.1) is 0 Å². The maximum atomic E-state index is 13.2. The Bertz CT molecular complexity index is 791. The lowest BCUT2D eigenvalue weighted by Crippen LogP contribution is -2.54. The van der Waals surface area contributed by atoms with Crippen LogP contribution in [0.4, 0.5) is 4.39 Å². The molecule has 0 aliphatic carbocycles. The summed E-state index contributed by atoms with van der Waals surface area (Å²) in [6.07, 6.45) is 0.807. The average Bonchev–Trinajstić information content (AvgIpc) is 2.62. The van der Waals surface area contributed by atoms with Gasteiger partial charge in [0.15, 0.2) is 0 Å². The molecule has 2 aromatic rings. The summed E-state index contributed by atoms with van der Waals surface area (Å²) in [7, 11) is 0. The van der Waals surface area contributed by atoms with Gasteiger partial charge in [-0.2, -0.15) is 0 Å². The molecule has 1 unspecified atom stereocenters. The van der Waals surface area contributed by atoms with Crippen LogP contribution in [0.3, 0.4) is 0 Å². The molecular formula is C21H25FN2O2. The van der Waals surface area contributed by atoms with Crippen molar-refractivity contribution in [1.29, 1.82) is 0 Å². The molecule has 3 rings (SSSR count). The van der Waals surface area contributed by atoms with Crippen molar-refractivity contribution in [2.24, 2.45) is 11.1 Å². The van der Waals surface area contributed by atoms with Crippen LogP contribution in [-0.4, -0.2) is 29.9 Å². The number of carbonyl (C=O) groups is 1. The highest BCUT2D eigenvalue weighted by molar-refractivity contribution is 5.94. The predicted molar refractivity (Wildman–Crippen MR) is 99.5 cm³/mol. The van der Waals surface area contributed by atoms with Crippen molar-refractivity contribution in [2.75, 3.05) is 13.1 Å². The monoisotopic (exact) mass is 356 g/mol. The van der Waals surface area contributed by atoms with Crippen LogP contribution in [0.2, 0.25) is 0 Å². The standard InChI is InChI=1S/C21H25FN2O2/c1-21(2)14-24(10-9-19(21)23)20(25)16-6-3-5-15(11-16)13-26-18-8-4-7-17(22)12-18/h3-8,11-12,19H,9-10,13-14,23H2,1-2H3. The fourth-order valence-corrected chi connectivity index (χ4v) is 3.25. The second-order valence-electron chi connectivity index (χ2n) is 7.56. The van der Waals surface area contributed by atoms with Crippen LogP contribution < -0.4 is 10.5 Å². The minimum absolute atomic E-state index is 0.0116. The third-order valence-corrected chi connectivity index (χ3v) is 4.97. The van der Waals surface area contributed by atoms with Gasteiger partial charge in [0.2, 0.25) is 0 Å². The molecule has 2 N–H and O–H groups in total. The van der Waals surface area contributed by atoms with Gasteiger partial charge in [0.05, 0.1) is 0 Å². The number of benzene rings is 2. The summed E-state index contributed by atoms with van der Waals surface area (Å²) >= 11 is 0. The number of rotatable bonds is 4.